The summed E-state index contributed by atoms with van der Waals surface area (Å²) in [7, 11) is 0. The Morgan fingerprint density at radius 1 is 1.33 bits per heavy atom. The largest absolute Gasteiger partial charge is 0.478 e. The molecule has 0 spiro atoms. The van der Waals surface area contributed by atoms with E-state index >= 15 is 0 Å². The minimum atomic E-state index is -2.77. The second-order valence-corrected chi connectivity index (χ2v) is 1.97. The van der Waals surface area contributed by atoms with Crippen molar-refractivity contribution < 1.29 is 27.5 Å². The minimum absolute atomic E-state index is 0.810. The minimum Gasteiger partial charge on any atom is -0.478 e. The first-order chi connectivity index (χ1) is 5.45. The number of hydrogen-bond acceptors (Lipinski definition) is 1. The van der Waals surface area contributed by atoms with E-state index in [0.717, 1.165) is 0 Å². The highest BCUT2D eigenvalue weighted by molar-refractivity contribution is 5.86. The summed E-state index contributed by atoms with van der Waals surface area (Å²) in [5, 5.41) is 8.07. The lowest BCUT2D eigenvalue weighted by molar-refractivity contribution is -0.133. The average molecular weight is 186 g/mol. The molecule has 0 unspecified atom stereocenters. The first-order valence-electron chi connectivity index (χ1n) is 3.00. The number of rotatable bonds is 4. The molecule has 0 aliphatic carbocycles. The zero-order valence-corrected chi connectivity index (χ0v) is 5.86. The first-order valence-corrected chi connectivity index (χ1v) is 3.00. The molecule has 1 N–H and O–H groups in total. The highest BCUT2D eigenvalue weighted by atomic mass is 19.3. The van der Waals surface area contributed by atoms with E-state index in [-0.39, 0.29) is 0 Å². The van der Waals surface area contributed by atoms with E-state index in [1.807, 2.05) is 0 Å². The molecule has 12 heavy (non-hydrogen) atoms. The molecule has 0 radical (unpaired) electrons. The zero-order chi connectivity index (χ0) is 9.72. The average Bonchev–Trinajstić information content (AvgIpc) is 1.84. The highest BCUT2D eigenvalue weighted by Crippen LogP contribution is 2.16. The third-order valence-electron chi connectivity index (χ3n) is 1.10. The van der Waals surface area contributed by atoms with Crippen LogP contribution in [0.1, 0.15) is 12.8 Å². The van der Waals surface area contributed by atoms with Crippen LogP contribution in [0.3, 0.4) is 0 Å². The van der Waals surface area contributed by atoms with Crippen LogP contribution >= 0.6 is 0 Å². The van der Waals surface area contributed by atoms with Gasteiger partial charge < -0.3 is 5.11 Å². The Balaban J connectivity index is 4.18. The number of aliphatic carboxylic acids is 1. The summed E-state index contributed by atoms with van der Waals surface area (Å²) >= 11 is 0. The summed E-state index contributed by atoms with van der Waals surface area (Å²) in [6.45, 7) is 0. The van der Waals surface area contributed by atoms with Crippen molar-refractivity contribution >= 4 is 5.97 Å². The van der Waals surface area contributed by atoms with Gasteiger partial charge >= 0.3 is 5.97 Å². The number of alkyl halides is 2. The van der Waals surface area contributed by atoms with E-state index in [4.69, 9.17) is 5.11 Å². The van der Waals surface area contributed by atoms with Crippen LogP contribution < -0.4 is 0 Å². The lowest BCUT2D eigenvalue weighted by Gasteiger charge is -1.99. The maximum Gasteiger partial charge on any atom is 0.337 e. The molecular weight excluding hydrogens is 180 g/mol. The van der Waals surface area contributed by atoms with Crippen molar-refractivity contribution in [3.05, 3.63) is 11.7 Å². The van der Waals surface area contributed by atoms with Crippen molar-refractivity contribution in [3.8, 4) is 0 Å². The molecule has 0 amide bonds. The van der Waals surface area contributed by atoms with E-state index in [9.17, 15) is 22.4 Å². The molecule has 0 saturated heterocycles. The lowest BCUT2D eigenvalue weighted by Crippen LogP contribution is -2.04. The second-order valence-electron chi connectivity index (χ2n) is 1.97. The summed E-state index contributed by atoms with van der Waals surface area (Å²) in [5.74, 6) is -1.85. The van der Waals surface area contributed by atoms with Crippen LogP contribution in [0.25, 0.3) is 0 Å². The van der Waals surface area contributed by atoms with Crippen molar-refractivity contribution in [2.45, 2.75) is 19.3 Å². The molecule has 2 nitrogen and oxygen atoms in total. The van der Waals surface area contributed by atoms with E-state index in [1.165, 1.54) is 0 Å². The standard InChI is InChI=1S/C6H6F4O2/c7-4(8)2-1-3(5(9)10)6(11)12/h4H,1-2H2,(H,11,12). The smallest absolute Gasteiger partial charge is 0.337 e. The third kappa shape index (κ3) is 3.95. The Morgan fingerprint density at radius 2 is 1.83 bits per heavy atom. The molecule has 0 rings (SSSR count). The maximum atomic E-state index is 11.7. The van der Waals surface area contributed by atoms with Gasteiger partial charge in [0.25, 0.3) is 6.08 Å². The summed E-state index contributed by atoms with van der Waals surface area (Å²) in [6.07, 6.45) is -6.85. The van der Waals surface area contributed by atoms with Crippen molar-refractivity contribution in [1.29, 1.82) is 0 Å². The van der Waals surface area contributed by atoms with E-state index in [1.54, 1.807) is 0 Å². The fourth-order valence-corrected chi connectivity index (χ4v) is 0.536. The number of carbonyl (C=O) groups is 1. The SMILES string of the molecule is O=C(O)C(CCC(F)F)=C(F)F. The summed E-state index contributed by atoms with van der Waals surface area (Å²) in [6, 6.07) is 0. The Bertz CT molecular complexity index is 196. The molecule has 0 aromatic rings. The quantitative estimate of drug-likeness (QED) is 0.540. The molecule has 0 aliphatic heterocycles. The van der Waals surface area contributed by atoms with Gasteiger partial charge in [-0.3, -0.25) is 0 Å². The van der Waals surface area contributed by atoms with Gasteiger partial charge in [0.15, 0.2) is 0 Å². The molecule has 0 atom stereocenters. The predicted molar refractivity (Wildman–Crippen MR) is 32.1 cm³/mol. The topological polar surface area (TPSA) is 37.3 Å². The van der Waals surface area contributed by atoms with Crippen LogP contribution in [-0.4, -0.2) is 17.5 Å². The van der Waals surface area contributed by atoms with Gasteiger partial charge in [0.2, 0.25) is 6.43 Å². The monoisotopic (exact) mass is 186 g/mol. The highest BCUT2D eigenvalue weighted by Gasteiger charge is 2.16. The van der Waals surface area contributed by atoms with Gasteiger partial charge in [-0.2, -0.15) is 8.78 Å². The van der Waals surface area contributed by atoms with Crippen molar-refractivity contribution in [2.24, 2.45) is 0 Å². The van der Waals surface area contributed by atoms with Crippen molar-refractivity contribution in [3.63, 3.8) is 0 Å². The molecule has 0 aliphatic rings. The van der Waals surface area contributed by atoms with Crippen molar-refractivity contribution in [2.75, 3.05) is 0 Å². The second kappa shape index (κ2) is 4.74. The van der Waals surface area contributed by atoms with Gasteiger partial charge in [0.1, 0.15) is 5.57 Å². The van der Waals surface area contributed by atoms with Gasteiger partial charge in [-0.25, -0.2) is 13.6 Å². The summed E-state index contributed by atoms with van der Waals surface area (Å²) in [5.41, 5.74) is -1.24. The zero-order valence-electron chi connectivity index (χ0n) is 5.86. The molecule has 0 aromatic heterocycles. The van der Waals surface area contributed by atoms with Gasteiger partial charge in [0.05, 0.1) is 0 Å². The van der Waals surface area contributed by atoms with E-state index in [0.29, 0.717) is 0 Å². The first kappa shape index (κ1) is 10.9. The van der Waals surface area contributed by atoms with Crippen LogP contribution in [0.5, 0.6) is 0 Å². The molecule has 70 valence electrons. The van der Waals surface area contributed by atoms with Crippen LogP contribution in [0, 0.1) is 0 Å². The molecule has 0 heterocycles. The van der Waals surface area contributed by atoms with Gasteiger partial charge in [0, 0.05) is 6.42 Å². The fraction of sp³-hybridized carbons (Fsp3) is 0.500. The number of carboxylic acids is 1. The van der Waals surface area contributed by atoms with Crippen LogP contribution in [-0.2, 0) is 4.79 Å². The maximum absolute atomic E-state index is 11.7. The van der Waals surface area contributed by atoms with E-state index < -0.39 is 36.9 Å². The summed E-state index contributed by atoms with van der Waals surface area (Å²) in [4.78, 5) is 9.97. The van der Waals surface area contributed by atoms with Crippen LogP contribution in [0.2, 0.25) is 0 Å². The van der Waals surface area contributed by atoms with E-state index in [2.05, 4.69) is 0 Å². The van der Waals surface area contributed by atoms with Crippen molar-refractivity contribution in [1.82, 2.24) is 0 Å². The Kier molecular flexibility index (Phi) is 4.31. The summed E-state index contributed by atoms with van der Waals surface area (Å²) < 4.78 is 46.2. The molecule has 0 bridgehead atoms. The predicted octanol–water partition coefficient (Wildman–Crippen LogP) is 2.27. The lowest BCUT2D eigenvalue weighted by atomic mass is 10.1. The Hall–Kier alpha value is -1.07. The Morgan fingerprint density at radius 3 is 2.08 bits per heavy atom. The molecule has 0 fully saturated rings. The Labute approximate surface area is 65.5 Å². The number of carboxylic acid groups (broad SMARTS) is 1. The molecule has 0 saturated carbocycles. The normalized spacial score (nSPS) is 10.1. The number of halogens is 4. The fourth-order valence-electron chi connectivity index (χ4n) is 0.536. The molecule has 6 heteroatoms. The van der Waals surface area contributed by atoms with Gasteiger partial charge in [-0.05, 0) is 6.42 Å². The van der Waals surface area contributed by atoms with Crippen LogP contribution in [0.15, 0.2) is 11.7 Å². The third-order valence-corrected chi connectivity index (χ3v) is 1.10. The molecular formula is C6H6F4O2. The number of hydrogen-bond donors (Lipinski definition) is 1. The van der Waals surface area contributed by atoms with Crippen LogP contribution in [0.4, 0.5) is 17.6 Å². The van der Waals surface area contributed by atoms with Gasteiger partial charge in [-0.1, -0.05) is 0 Å². The van der Waals surface area contributed by atoms with Gasteiger partial charge in [-0.15, -0.1) is 0 Å². The molecule has 0 aromatic carbocycles.